The topological polar surface area (TPSA) is 60.2 Å². The van der Waals surface area contributed by atoms with E-state index in [-0.39, 0.29) is 17.5 Å². The van der Waals surface area contributed by atoms with Gasteiger partial charge in [0.25, 0.3) is 5.89 Å². The second-order valence-corrected chi connectivity index (χ2v) is 4.91. The average molecular weight is 295 g/mol. The second-order valence-electron chi connectivity index (χ2n) is 4.91. The van der Waals surface area contributed by atoms with Gasteiger partial charge < -0.3 is 14.6 Å². The lowest BCUT2D eigenvalue weighted by atomic mass is 10.1. The number of ether oxygens (including phenoxy) is 1. The molecule has 0 amide bonds. The zero-order chi connectivity index (χ0) is 14.7. The number of aromatic nitrogens is 2. The van der Waals surface area contributed by atoms with Crippen molar-refractivity contribution in [2.45, 2.75) is 25.4 Å². The summed E-state index contributed by atoms with van der Waals surface area (Å²) >= 11 is 0. The molecule has 0 spiro atoms. The van der Waals surface area contributed by atoms with Crippen molar-refractivity contribution in [3.63, 3.8) is 0 Å². The maximum Gasteiger partial charge on any atom is 0.263 e. The SMILES string of the molecule is Fc1cccc(F)c1-c1nc(CN[C@H]2CCCOC2)no1. The average Bonchev–Trinajstić information content (AvgIpc) is 2.95. The van der Waals surface area contributed by atoms with Crippen molar-refractivity contribution >= 4 is 0 Å². The van der Waals surface area contributed by atoms with E-state index in [2.05, 4.69) is 15.5 Å². The predicted molar refractivity (Wildman–Crippen MR) is 70.3 cm³/mol. The number of rotatable bonds is 4. The van der Waals surface area contributed by atoms with Crippen LogP contribution in [0, 0.1) is 11.6 Å². The third kappa shape index (κ3) is 3.25. The van der Waals surface area contributed by atoms with E-state index in [1.807, 2.05) is 0 Å². The summed E-state index contributed by atoms with van der Waals surface area (Å²) in [6, 6.07) is 3.83. The van der Waals surface area contributed by atoms with Crippen molar-refractivity contribution in [2.75, 3.05) is 13.2 Å². The minimum absolute atomic E-state index is 0.151. The Hall–Kier alpha value is -1.86. The van der Waals surface area contributed by atoms with Crippen molar-refractivity contribution in [3.05, 3.63) is 35.7 Å². The number of benzene rings is 1. The molecule has 1 aromatic carbocycles. The molecule has 21 heavy (non-hydrogen) atoms. The molecule has 3 rings (SSSR count). The minimum atomic E-state index is -0.723. The second kappa shape index (κ2) is 6.28. The summed E-state index contributed by atoms with van der Waals surface area (Å²) in [5.41, 5.74) is -0.294. The van der Waals surface area contributed by atoms with E-state index < -0.39 is 11.6 Å². The Morgan fingerprint density at radius 2 is 2.10 bits per heavy atom. The zero-order valence-electron chi connectivity index (χ0n) is 11.3. The molecule has 2 heterocycles. The molecule has 5 nitrogen and oxygen atoms in total. The van der Waals surface area contributed by atoms with Crippen LogP contribution in [0.25, 0.3) is 11.5 Å². The molecule has 1 fully saturated rings. The van der Waals surface area contributed by atoms with Crippen molar-refractivity contribution < 1.29 is 18.0 Å². The van der Waals surface area contributed by atoms with Gasteiger partial charge in [0, 0.05) is 12.6 Å². The van der Waals surface area contributed by atoms with Crippen LogP contribution in [-0.4, -0.2) is 29.4 Å². The normalized spacial score (nSPS) is 18.9. The number of nitrogens with one attached hydrogen (secondary N) is 1. The van der Waals surface area contributed by atoms with Gasteiger partial charge in [-0.1, -0.05) is 11.2 Å². The summed E-state index contributed by atoms with van der Waals surface area (Å²) in [5.74, 6) is -1.24. The first-order valence-corrected chi connectivity index (χ1v) is 6.82. The summed E-state index contributed by atoms with van der Waals surface area (Å²) in [6.07, 6.45) is 2.03. The van der Waals surface area contributed by atoms with Crippen LogP contribution in [0.15, 0.2) is 22.7 Å². The molecule has 1 aliphatic rings. The van der Waals surface area contributed by atoms with Gasteiger partial charge in [-0.05, 0) is 25.0 Å². The Morgan fingerprint density at radius 3 is 2.81 bits per heavy atom. The van der Waals surface area contributed by atoms with Gasteiger partial charge in [-0.15, -0.1) is 0 Å². The fourth-order valence-electron chi connectivity index (χ4n) is 2.27. The number of nitrogens with zero attached hydrogens (tertiary/aromatic N) is 2. The molecule has 0 unspecified atom stereocenters. The van der Waals surface area contributed by atoms with E-state index in [9.17, 15) is 8.78 Å². The van der Waals surface area contributed by atoms with E-state index in [0.29, 0.717) is 19.0 Å². The summed E-state index contributed by atoms with van der Waals surface area (Å²) in [7, 11) is 0. The minimum Gasteiger partial charge on any atom is -0.380 e. The summed E-state index contributed by atoms with van der Waals surface area (Å²) in [5, 5.41) is 6.97. The third-order valence-electron chi connectivity index (χ3n) is 3.35. The van der Waals surface area contributed by atoms with Gasteiger partial charge in [-0.3, -0.25) is 0 Å². The van der Waals surface area contributed by atoms with E-state index in [1.54, 1.807) is 0 Å². The third-order valence-corrected chi connectivity index (χ3v) is 3.35. The van der Waals surface area contributed by atoms with E-state index in [4.69, 9.17) is 9.26 Å². The zero-order valence-corrected chi connectivity index (χ0v) is 11.3. The van der Waals surface area contributed by atoms with Crippen LogP contribution in [0.4, 0.5) is 8.78 Å². The summed E-state index contributed by atoms with van der Waals surface area (Å²) in [6.45, 7) is 1.80. The lowest BCUT2D eigenvalue weighted by molar-refractivity contribution is 0.0696. The number of hydrogen-bond acceptors (Lipinski definition) is 5. The quantitative estimate of drug-likeness (QED) is 0.937. The molecule has 0 saturated carbocycles. The Morgan fingerprint density at radius 1 is 1.29 bits per heavy atom. The van der Waals surface area contributed by atoms with Crippen LogP contribution in [-0.2, 0) is 11.3 Å². The lowest BCUT2D eigenvalue weighted by Gasteiger charge is -2.22. The Kier molecular flexibility index (Phi) is 4.21. The van der Waals surface area contributed by atoms with Crippen LogP contribution in [0.2, 0.25) is 0 Å². The molecule has 1 N–H and O–H groups in total. The molecular formula is C14H15F2N3O2. The smallest absolute Gasteiger partial charge is 0.263 e. The standard InChI is InChI=1S/C14H15F2N3O2/c15-10-4-1-5-11(16)13(10)14-18-12(19-21-14)7-17-9-3-2-6-20-8-9/h1,4-5,9,17H,2-3,6-8H2/t9-/m0/s1. The molecule has 1 saturated heterocycles. The molecule has 7 heteroatoms. The molecule has 1 atom stereocenters. The Balaban J connectivity index is 1.68. The molecule has 1 aromatic heterocycles. The van der Waals surface area contributed by atoms with Gasteiger partial charge in [-0.2, -0.15) is 4.98 Å². The highest BCUT2D eigenvalue weighted by atomic mass is 19.1. The maximum absolute atomic E-state index is 13.6. The highest BCUT2D eigenvalue weighted by molar-refractivity contribution is 5.54. The molecule has 0 bridgehead atoms. The first-order chi connectivity index (χ1) is 10.2. The number of halogens is 2. The monoisotopic (exact) mass is 295 g/mol. The van der Waals surface area contributed by atoms with Crippen LogP contribution < -0.4 is 5.32 Å². The van der Waals surface area contributed by atoms with Crippen LogP contribution in [0.3, 0.4) is 0 Å². The van der Waals surface area contributed by atoms with Gasteiger partial charge >= 0.3 is 0 Å². The van der Waals surface area contributed by atoms with Crippen molar-refractivity contribution in [1.82, 2.24) is 15.5 Å². The van der Waals surface area contributed by atoms with Crippen LogP contribution in [0.5, 0.6) is 0 Å². The van der Waals surface area contributed by atoms with Crippen molar-refractivity contribution in [3.8, 4) is 11.5 Å². The molecule has 112 valence electrons. The summed E-state index contributed by atoms with van der Waals surface area (Å²) < 4.78 is 37.5. The molecule has 2 aromatic rings. The number of hydrogen-bond donors (Lipinski definition) is 1. The Bertz CT molecular complexity index is 592. The van der Waals surface area contributed by atoms with Gasteiger partial charge in [0.2, 0.25) is 0 Å². The van der Waals surface area contributed by atoms with Crippen LogP contribution >= 0.6 is 0 Å². The van der Waals surface area contributed by atoms with E-state index in [0.717, 1.165) is 31.6 Å². The molecule has 0 radical (unpaired) electrons. The highest BCUT2D eigenvalue weighted by Gasteiger charge is 2.19. The first kappa shape index (κ1) is 14.1. The van der Waals surface area contributed by atoms with Gasteiger partial charge in [-0.25, -0.2) is 8.78 Å². The molecule has 0 aliphatic carbocycles. The Labute approximate surface area is 120 Å². The fraction of sp³-hybridized carbons (Fsp3) is 0.429. The largest absolute Gasteiger partial charge is 0.380 e. The summed E-state index contributed by atoms with van der Waals surface area (Å²) in [4.78, 5) is 4.03. The fourth-order valence-corrected chi connectivity index (χ4v) is 2.27. The van der Waals surface area contributed by atoms with Gasteiger partial charge in [0.05, 0.1) is 13.2 Å². The van der Waals surface area contributed by atoms with E-state index >= 15 is 0 Å². The van der Waals surface area contributed by atoms with Gasteiger partial charge in [0.15, 0.2) is 5.82 Å². The van der Waals surface area contributed by atoms with Gasteiger partial charge in [0.1, 0.15) is 17.2 Å². The lowest BCUT2D eigenvalue weighted by Crippen LogP contribution is -2.36. The van der Waals surface area contributed by atoms with Crippen molar-refractivity contribution in [1.29, 1.82) is 0 Å². The van der Waals surface area contributed by atoms with Crippen LogP contribution in [0.1, 0.15) is 18.7 Å². The van der Waals surface area contributed by atoms with Crippen molar-refractivity contribution in [2.24, 2.45) is 0 Å². The highest BCUT2D eigenvalue weighted by Crippen LogP contribution is 2.24. The maximum atomic E-state index is 13.6. The first-order valence-electron chi connectivity index (χ1n) is 6.82. The molecule has 1 aliphatic heterocycles. The molecular weight excluding hydrogens is 280 g/mol. The predicted octanol–water partition coefficient (Wildman–Crippen LogP) is 2.28. The van der Waals surface area contributed by atoms with E-state index in [1.165, 1.54) is 6.07 Å².